The first-order valence-electron chi connectivity index (χ1n) is 5.38. The molecule has 1 N–H and O–H groups in total. The molecule has 2 rings (SSSR count). The van der Waals surface area contributed by atoms with Gasteiger partial charge >= 0.3 is 5.97 Å². The highest BCUT2D eigenvalue weighted by Crippen LogP contribution is 2.37. The molecule has 0 heterocycles. The lowest BCUT2D eigenvalue weighted by Gasteiger charge is -2.16. The quantitative estimate of drug-likeness (QED) is 0.586. The van der Waals surface area contributed by atoms with Gasteiger partial charge < -0.3 is 4.74 Å². The number of nitrogens with one attached hydrogen (secondary N) is 1. The number of hydrogen-bond acceptors (Lipinski definition) is 4. The summed E-state index contributed by atoms with van der Waals surface area (Å²) in [7, 11) is 3.03. The van der Waals surface area contributed by atoms with E-state index in [1.165, 1.54) is 19.2 Å². The van der Waals surface area contributed by atoms with Crippen molar-refractivity contribution in [2.75, 3.05) is 7.11 Å². The fourth-order valence-electron chi connectivity index (χ4n) is 1.71. The zero-order valence-electron chi connectivity index (χ0n) is 9.84. The van der Waals surface area contributed by atoms with Crippen LogP contribution in [0.3, 0.4) is 0 Å². The van der Waals surface area contributed by atoms with Crippen LogP contribution >= 0.6 is 0 Å². The van der Waals surface area contributed by atoms with Gasteiger partial charge in [-0.1, -0.05) is 23.7 Å². The summed E-state index contributed by atoms with van der Waals surface area (Å²) in [6.07, 6.45) is 0.872. The predicted molar refractivity (Wildman–Crippen MR) is 66.1 cm³/mol. The Labute approximate surface area is 107 Å². The number of ether oxygens (including phenoxy) is 1. The molecular weight excluding hydrogens is 253 g/mol. The van der Waals surface area contributed by atoms with Gasteiger partial charge in [0.2, 0.25) is 10.0 Å². The Hall–Kier alpha value is -1.34. The predicted octanol–water partition coefficient (Wildman–Crippen LogP) is -0.536. The highest BCUT2D eigenvalue weighted by Gasteiger charge is 2.54. The molecule has 0 saturated heterocycles. The van der Waals surface area contributed by atoms with E-state index >= 15 is 0 Å². The molecule has 1 aromatic rings. The van der Waals surface area contributed by atoms with Gasteiger partial charge in [-0.3, -0.25) is 4.79 Å². The van der Waals surface area contributed by atoms with Crippen molar-refractivity contribution in [3.8, 4) is 0 Å². The average molecular weight is 265 g/mol. The summed E-state index contributed by atoms with van der Waals surface area (Å²) in [6, 6.07) is 6.10. The van der Waals surface area contributed by atoms with Crippen molar-refractivity contribution in [2.45, 2.75) is 23.3 Å². The van der Waals surface area contributed by atoms with Crippen LogP contribution in [0.4, 0.5) is 0 Å². The van der Waals surface area contributed by atoms with Gasteiger partial charge in [0.05, 0.1) is 12.0 Å². The summed E-state index contributed by atoms with van der Waals surface area (Å²) < 4.78 is 31.2. The Bertz CT molecular complexity index is 580. The molecule has 2 radical (unpaired) electrons. The zero-order chi connectivity index (χ0) is 13.4. The van der Waals surface area contributed by atoms with Crippen molar-refractivity contribution in [2.24, 2.45) is 0 Å². The van der Waals surface area contributed by atoms with Crippen LogP contribution in [0.25, 0.3) is 0 Å². The molecule has 7 heteroatoms. The summed E-state index contributed by atoms with van der Waals surface area (Å²) in [4.78, 5) is 11.5. The highest BCUT2D eigenvalue weighted by atomic mass is 32.2. The molecule has 0 unspecified atom stereocenters. The van der Waals surface area contributed by atoms with E-state index in [-0.39, 0.29) is 10.4 Å². The van der Waals surface area contributed by atoms with E-state index in [0.717, 1.165) is 0 Å². The smallest absolute Gasteiger partial charge is 0.327 e. The van der Waals surface area contributed by atoms with Gasteiger partial charge in [-0.05, 0) is 18.9 Å². The molecule has 0 atom stereocenters. The van der Waals surface area contributed by atoms with Crippen LogP contribution in [0.5, 0.6) is 0 Å². The molecule has 5 nitrogen and oxygen atoms in total. The Morgan fingerprint density at radius 3 is 2.50 bits per heavy atom. The average Bonchev–Trinajstić information content (AvgIpc) is 3.08. The third-order valence-corrected chi connectivity index (χ3v) is 4.47. The molecule has 1 aliphatic carbocycles. The van der Waals surface area contributed by atoms with Crippen LogP contribution in [0.2, 0.25) is 0 Å². The molecule has 94 valence electrons. The lowest BCUT2D eigenvalue weighted by Crippen LogP contribution is -2.44. The van der Waals surface area contributed by atoms with Gasteiger partial charge in [-0.2, -0.15) is 4.72 Å². The van der Waals surface area contributed by atoms with E-state index < -0.39 is 21.5 Å². The maximum atomic E-state index is 12.1. The second kappa shape index (κ2) is 4.40. The van der Waals surface area contributed by atoms with Gasteiger partial charge in [0, 0.05) is 0 Å². The van der Waals surface area contributed by atoms with E-state index in [1.807, 2.05) is 0 Å². The number of methoxy groups -OCH3 is 1. The van der Waals surface area contributed by atoms with Gasteiger partial charge in [0.15, 0.2) is 0 Å². The monoisotopic (exact) mass is 265 g/mol. The Morgan fingerprint density at radius 1 is 1.39 bits per heavy atom. The maximum Gasteiger partial charge on any atom is 0.327 e. The molecule has 1 fully saturated rings. The van der Waals surface area contributed by atoms with Crippen molar-refractivity contribution in [3.63, 3.8) is 0 Å². The van der Waals surface area contributed by atoms with Crippen LogP contribution in [0, 0.1) is 0 Å². The van der Waals surface area contributed by atoms with E-state index in [0.29, 0.717) is 12.8 Å². The van der Waals surface area contributed by atoms with Crippen molar-refractivity contribution >= 4 is 29.3 Å². The Balaban J connectivity index is 2.29. The maximum absolute atomic E-state index is 12.1. The number of hydrogen-bond donors (Lipinski definition) is 1. The van der Waals surface area contributed by atoms with Crippen molar-refractivity contribution in [1.82, 2.24) is 4.72 Å². The van der Waals surface area contributed by atoms with Crippen LogP contribution in [0.1, 0.15) is 12.8 Å². The van der Waals surface area contributed by atoms with Crippen LogP contribution < -0.4 is 10.2 Å². The lowest BCUT2D eigenvalue weighted by atomic mass is 9.97. The number of sulfonamides is 1. The number of carbonyl (C=O) groups is 1. The van der Waals surface area contributed by atoms with Crippen molar-refractivity contribution < 1.29 is 17.9 Å². The Morgan fingerprint density at radius 2 is 2.00 bits per heavy atom. The summed E-state index contributed by atoms with van der Waals surface area (Å²) in [5.74, 6) is -0.569. The summed E-state index contributed by atoms with van der Waals surface area (Å²) in [5, 5.41) is 0. The normalized spacial score (nSPS) is 17.2. The van der Waals surface area contributed by atoms with Gasteiger partial charge in [0.25, 0.3) is 0 Å². The fourth-order valence-corrected chi connectivity index (χ4v) is 3.25. The second-order valence-corrected chi connectivity index (χ2v) is 5.87. The van der Waals surface area contributed by atoms with Gasteiger partial charge in [0.1, 0.15) is 13.4 Å². The summed E-state index contributed by atoms with van der Waals surface area (Å²) >= 11 is 0. The fraction of sp³-hybridized carbons (Fsp3) is 0.364. The van der Waals surface area contributed by atoms with Crippen molar-refractivity contribution in [1.29, 1.82) is 0 Å². The van der Waals surface area contributed by atoms with E-state index in [1.54, 1.807) is 12.1 Å². The van der Waals surface area contributed by atoms with Crippen LogP contribution in [0.15, 0.2) is 29.2 Å². The van der Waals surface area contributed by atoms with Gasteiger partial charge in [-0.15, -0.1) is 0 Å². The summed E-state index contributed by atoms with van der Waals surface area (Å²) in [5.41, 5.74) is -0.971. The SMILES string of the molecule is [B]c1ccccc1S(=O)(=O)NC1(C(=O)OC)CC1. The number of benzene rings is 1. The minimum Gasteiger partial charge on any atom is -0.468 e. The van der Waals surface area contributed by atoms with Crippen molar-refractivity contribution in [3.05, 3.63) is 24.3 Å². The van der Waals surface area contributed by atoms with Crippen LogP contribution in [-0.4, -0.2) is 34.9 Å². The first-order chi connectivity index (χ1) is 8.41. The first-order valence-corrected chi connectivity index (χ1v) is 6.86. The standard InChI is InChI=1S/C11H12BNO4S/c1-17-10(14)11(6-7-11)13-18(15,16)9-5-3-2-4-8(9)12/h2-5,13H,6-7H2,1H3. The van der Waals surface area contributed by atoms with E-state index in [4.69, 9.17) is 7.85 Å². The molecule has 1 aliphatic rings. The third-order valence-electron chi connectivity index (χ3n) is 2.86. The molecule has 1 aromatic carbocycles. The molecule has 0 aliphatic heterocycles. The molecule has 0 spiro atoms. The number of esters is 1. The molecule has 0 aromatic heterocycles. The minimum atomic E-state index is -3.82. The molecule has 18 heavy (non-hydrogen) atoms. The first kappa shape index (κ1) is 13.1. The van der Waals surface area contributed by atoms with Crippen LogP contribution in [-0.2, 0) is 19.6 Å². The molecule has 1 saturated carbocycles. The molecular formula is C11H12BNO4S. The Kier molecular flexibility index (Phi) is 3.20. The van der Waals surface area contributed by atoms with Gasteiger partial charge in [-0.25, -0.2) is 8.42 Å². The van der Waals surface area contributed by atoms with E-state index in [2.05, 4.69) is 9.46 Å². The largest absolute Gasteiger partial charge is 0.468 e. The lowest BCUT2D eigenvalue weighted by molar-refractivity contribution is -0.143. The second-order valence-electron chi connectivity index (χ2n) is 4.22. The third kappa shape index (κ3) is 2.28. The number of carbonyl (C=O) groups excluding carboxylic acids is 1. The minimum absolute atomic E-state index is 0.0276. The topological polar surface area (TPSA) is 72.5 Å². The summed E-state index contributed by atoms with van der Waals surface area (Å²) in [6.45, 7) is 0. The molecule has 0 amide bonds. The van der Waals surface area contributed by atoms with E-state index in [9.17, 15) is 13.2 Å². The number of rotatable bonds is 4. The zero-order valence-corrected chi connectivity index (χ0v) is 10.7. The highest BCUT2D eigenvalue weighted by molar-refractivity contribution is 7.89. The molecule has 0 bridgehead atoms.